The van der Waals surface area contributed by atoms with Crippen molar-refractivity contribution in [2.24, 2.45) is 0 Å². The van der Waals surface area contributed by atoms with Crippen molar-refractivity contribution in [2.75, 3.05) is 5.32 Å². The summed E-state index contributed by atoms with van der Waals surface area (Å²) in [6.07, 6.45) is 0. The fraction of sp³-hybridized carbons (Fsp3) is 0.136. The van der Waals surface area contributed by atoms with Crippen LogP contribution in [-0.4, -0.2) is 0 Å². The Bertz CT molecular complexity index is 977. The Labute approximate surface area is 142 Å². The Morgan fingerprint density at radius 3 is 2.29 bits per heavy atom. The summed E-state index contributed by atoms with van der Waals surface area (Å²) in [4.78, 5) is 0. The molecule has 0 aromatic heterocycles. The first-order valence-electron chi connectivity index (χ1n) is 8.12. The molecule has 4 rings (SSSR count). The molecule has 0 saturated heterocycles. The molecule has 1 aliphatic carbocycles. The van der Waals surface area contributed by atoms with Crippen LogP contribution in [0.1, 0.15) is 30.5 Å². The molecule has 3 aromatic rings. The summed E-state index contributed by atoms with van der Waals surface area (Å²) in [6.45, 7) is 4.54. The zero-order valence-electron chi connectivity index (χ0n) is 13.8. The molecule has 0 fully saturated rings. The summed E-state index contributed by atoms with van der Waals surface area (Å²) in [6, 6.07) is 24.8. The van der Waals surface area contributed by atoms with Crippen LogP contribution in [0.15, 0.2) is 66.7 Å². The lowest BCUT2D eigenvalue weighted by molar-refractivity contribution is 0.660. The summed E-state index contributed by atoms with van der Waals surface area (Å²) in [5, 5.41) is 12.8. The van der Waals surface area contributed by atoms with E-state index in [9.17, 15) is 5.26 Å². The van der Waals surface area contributed by atoms with E-state index in [2.05, 4.69) is 67.7 Å². The summed E-state index contributed by atoms with van der Waals surface area (Å²) in [7, 11) is 0. The van der Waals surface area contributed by atoms with Crippen LogP contribution in [0, 0.1) is 11.3 Å². The molecule has 1 aliphatic rings. The first-order valence-corrected chi connectivity index (χ1v) is 8.12. The van der Waals surface area contributed by atoms with E-state index in [1.54, 1.807) is 0 Å². The topological polar surface area (TPSA) is 35.8 Å². The fourth-order valence-corrected chi connectivity index (χ4v) is 3.69. The molecule has 2 nitrogen and oxygen atoms in total. The van der Waals surface area contributed by atoms with E-state index in [1.807, 2.05) is 24.3 Å². The Balaban J connectivity index is 1.91. The van der Waals surface area contributed by atoms with Crippen LogP contribution < -0.4 is 5.32 Å². The van der Waals surface area contributed by atoms with Gasteiger partial charge in [0.25, 0.3) is 0 Å². The third kappa shape index (κ3) is 2.02. The van der Waals surface area contributed by atoms with Crippen molar-refractivity contribution in [3.05, 3.63) is 83.4 Å². The van der Waals surface area contributed by atoms with Gasteiger partial charge in [-0.2, -0.15) is 5.26 Å². The van der Waals surface area contributed by atoms with Crippen LogP contribution in [0.2, 0.25) is 0 Å². The highest BCUT2D eigenvalue weighted by Crippen LogP contribution is 2.51. The Kier molecular flexibility index (Phi) is 3.18. The zero-order chi connectivity index (χ0) is 16.7. The van der Waals surface area contributed by atoms with Gasteiger partial charge in [-0.25, -0.2) is 0 Å². The van der Waals surface area contributed by atoms with E-state index < -0.39 is 0 Å². The third-order valence-electron chi connectivity index (χ3n) is 4.92. The summed E-state index contributed by atoms with van der Waals surface area (Å²) >= 11 is 0. The van der Waals surface area contributed by atoms with Crippen molar-refractivity contribution < 1.29 is 0 Å². The number of rotatable bonds is 2. The molecule has 0 saturated carbocycles. The second kappa shape index (κ2) is 5.25. The molecular weight excluding hydrogens is 292 g/mol. The highest BCUT2D eigenvalue weighted by Gasteiger charge is 2.36. The monoisotopic (exact) mass is 310 g/mol. The van der Waals surface area contributed by atoms with Crippen molar-refractivity contribution in [3.63, 3.8) is 0 Å². The van der Waals surface area contributed by atoms with Gasteiger partial charge in [-0.05, 0) is 34.9 Å². The second-order valence-corrected chi connectivity index (χ2v) is 6.68. The summed E-state index contributed by atoms with van der Waals surface area (Å²) in [5.41, 5.74) is 7.72. The van der Waals surface area contributed by atoms with Crippen LogP contribution in [0.3, 0.4) is 0 Å². The minimum Gasteiger partial charge on any atom is -0.354 e. The van der Waals surface area contributed by atoms with Gasteiger partial charge in [0.15, 0.2) is 0 Å². The Hall–Kier alpha value is -3.05. The van der Waals surface area contributed by atoms with E-state index in [4.69, 9.17) is 0 Å². The number of hydrogen-bond donors (Lipinski definition) is 1. The largest absolute Gasteiger partial charge is 0.354 e. The molecule has 0 atom stereocenters. The maximum atomic E-state index is 9.34. The van der Waals surface area contributed by atoms with Gasteiger partial charge in [0.2, 0.25) is 0 Å². The predicted molar refractivity (Wildman–Crippen MR) is 98.4 cm³/mol. The van der Waals surface area contributed by atoms with E-state index in [0.29, 0.717) is 5.56 Å². The first kappa shape index (κ1) is 14.5. The van der Waals surface area contributed by atoms with Crippen molar-refractivity contribution in [2.45, 2.75) is 19.3 Å². The first-order chi connectivity index (χ1) is 11.6. The van der Waals surface area contributed by atoms with E-state index >= 15 is 0 Å². The molecule has 0 unspecified atom stereocenters. The van der Waals surface area contributed by atoms with Gasteiger partial charge >= 0.3 is 0 Å². The smallest absolute Gasteiger partial charge is 0.101 e. The fourth-order valence-electron chi connectivity index (χ4n) is 3.69. The molecule has 0 aliphatic heterocycles. The minimum atomic E-state index is -0.0155. The van der Waals surface area contributed by atoms with E-state index in [0.717, 1.165) is 11.4 Å². The highest BCUT2D eigenvalue weighted by molar-refractivity contribution is 5.91. The van der Waals surface area contributed by atoms with E-state index in [-0.39, 0.29) is 5.41 Å². The maximum Gasteiger partial charge on any atom is 0.101 e. The molecule has 0 spiro atoms. The van der Waals surface area contributed by atoms with Crippen LogP contribution in [0.5, 0.6) is 0 Å². The van der Waals surface area contributed by atoms with Crippen LogP contribution in [0.4, 0.5) is 11.4 Å². The molecule has 24 heavy (non-hydrogen) atoms. The van der Waals surface area contributed by atoms with Gasteiger partial charge in [0.1, 0.15) is 6.07 Å². The molecule has 2 heteroatoms. The lowest BCUT2D eigenvalue weighted by Crippen LogP contribution is -2.14. The SMILES string of the molecule is CC1(C)c2ccccc2-c2c(Nc3ccccc3C#N)cccc21. The van der Waals surface area contributed by atoms with Gasteiger partial charge < -0.3 is 5.32 Å². The lowest BCUT2D eigenvalue weighted by Gasteiger charge is -2.21. The lowest BCUT2D eigenvalue weighted by atomic mass is 9.82. The highest BCUT2D eigenvalue weighted by atomic mass is 14.9. The average Bonchev–Trinajstić information content (AvgIpc) is 2.85. The van der Waals surface area contributed by atoms with Gasteiger partial charge in [-0.3, -0.25) is 0 Å². The number of anilines is 2. The second-order valence-electron chi connectivity index (χ2n) is 6.68. The molecule has 1 N–H and O–H groups in total. The Morgan fingerprint density at radius 1 is 0.792 bits per heavy atom. The number of hydrogen-bond acceptors (Lipinski definition) is 2. The number of benzene rings is 3. The maximum absolute atomic E-state index is 9.34. The number of nitrogens with one attached hydrogen (secondary N) is 1. The molecule has 0 amide bonds. The van der Waals surface area contributed by atoms with Gasteiger partial charge in [0, 0.05) is 16.7 Å². The zero-order valence-corrected chi connectivity index (χ0v) is 13.8. The van der Waals surface area contributed by atoms with Crippen LogP contribution in [-0.2, 0) is 5.41 Å². The Morgan fingerprint density at radius 2 is 1.46 bits per heavy atom. The number of fused-ring (bicyclic) bond motifs is 3. The number of nitriles is 1. The molecule has 0 heterocycles. The molecule has 0 radical (unpaired) electrons. The quantitative estimate of drug-likeness (QED) is 0.668. The molecule has 0 bridgehead atoms. The standard InChI is InChI=1S/C22H18N2/c1-22(2)17-10-5-4-9-16(17)21-18(22)11-7-13-20(21)24-19-12-6-3-8-15(19)14-23/h3-13,24H,1-2H3. The van der Waals surface area contributed by atoms with Gasteiger partial charge in [-0.15, -0.1) is 0 Å². The average molecular weight is 310 g/mol. The number of nitrogens with zero attached hydrogens (tertiary/aromatic N) is 1. The van der Waals surface area contributed by atoms with Crippen LogP contribution in [0.25, 0.3) is 11.1 Å². The van der Waals surface area contributed by atoms with Crippen molar-refractivity contribution >= 4 is 11.4 Å². The summed E-state index contributed by atoms with van der Waals surface area (Å²) in [5.74, 6) is 0. The summed E-state index contributed by atoms with van der Waals surface area (Å²) < 4.78 is 0. The molecule has 116 valence electrons. The molecular formula is C22H18N2. The molecule has 3 aromatic carbocycles. The minimum absolute atomic E-state index is 0.0155. The number of para-hydroxylation sites is 1. The van der Waals surface area contributed by atoms with Gasteiger partial charge in [-0.1, -0.05) is 62.4 Å². The van der Waals surface area contributed by atoms with E-state index in [1.165, 1.54) is 22.3 Å². The normalized spacial score (nSPS) is 13.7. The predicted octanol–water partition coefficient (Wildman–Crippen LogP) is 5.61. The van der Waals surface area contributed by atoms with Crippen molar-refractivity contribution in [1.29, 1.82) is 5.26 Å². The van der Waals surface area contributed by atoms with Gasteiger partial charge in [0.05, 0.1) is 11.3 Å². The van der Waals surface area contributed by atoms with Crippen molar-refractivity contribution in [3.8, 4) is 17.2 Å². The third-order valence-corrected chi connectivity index (χ3v) is 4.92. The van der Waals surface area contributed by atoms with Crippen molar-refractivity contribution in [1.82, 2.24) is 0 Å². The van der Waals surface area contributed by atoms with Crippen LogP contribution >= 0.6 is 0 Å².